The molecule has 0 saturated carbocycles. The summed E-state index contributed by atoms with van der Waals surface area (Å²) in [7, 11) is 0. The molecule has 208 valence electrons. The molecule has 7 unspecified atom stereocenters. The number of carboxylic acids is 1. The molecule has 10 N–H and O–H groups in total. The number of aliphatic carboxylic acids is 1. The van der Waals surface area contributed by atoms with Gasteiger partial charge in [-0.25, -0.2) is 4.79 Å². The maximum absolute atomic E-state index is 13.3. The predicted molar refractivity (Wildman–Crippen MR) is 140 cm³/mol. The monoisotopic (exact) mass is 513 g/mol. The fraction of sp³-hybridized carbons (Fsp3) is 0.792. The zero-order chi connectivity index (χ0) is 28.0. The number of hydrogen-bond donors (Lipinski definition) is 7. The van der Waals surface area contributed by atoms with Gasteiger partial charge in [0, 0.05) is 6.54 Å². The molecule has 0 aliphatic carbocycles. The maximum atomic E-state index is 13.3. The maximum Gasteiger partial charge on any atom is 0.326 e. The predicted octanol–water partition coefficient (Wildman–Crippen LogP) is 0.0446. The third-order valence-corrected chi connectivity index (χ3v) is 6.67. The van der Waals surface area contributed by atoms with Gasteiger partial charge < -0.3 is 38.3 Å². The van der Waals surface area contributed by atoms with Crippen LogP contribution in [-0.2, 0) is 19.2 Å². The summed E-state index contributed by atoms with van der Waals surface area (Å²) in [5.41, 5.74) is 16.6. The highest BCUT2D eigenvalue weighted by atomic mass is 16.4. The van der Waals surface area contributed by atoms with Gasteiger partial charge in [-0.15, -0.1) is 0 Å². The number of nitrogens with zero attached hydrogens (tertiary/aromatic N) is 1. The second-order valence-electron chi connectivity index (χ2n) is 9.51. The molecule has 0 aliphatic heterocycles. The van der Waals surface area contributed by atoms with Crippen molar-refractivity contribution in [2.24, 2.45) is 39.9 Å². The molecule has 0 radical (unpaired) electrons. The SMILES string of the molecule is CCC(C)C(NC(=O)C(NC(=O)C(NC(=O)C(N)CCCN=C(N)N)C(C)CC)C(C)CC)C(=O)O. The lowest BCUT2D eigenvalue weighted by Gasteiger charge is -2.30. The van der Waals surface area contributed by atoms with E-state index in [4.69, 9.17) is 17.2 Å². The zero-order valence-electron chi connectivity index (χ0n) is 22.5. The molecule has 0 aromatic carbocycles. The molecule has 0 saturated heterocycles. The van der Waals surface area contributed by atoms with Crippen LogP contribution in [0.1, 0.15) is 73.6 Å². The van der Waals surface area contributed by atoms with Crippen molar-refractivity contribution in [1.29, 1.82) is 0 Å². The fourth-order valence-electron chi connectivity index (χ4n) is 3.48. The molecular formula is C24H47N7O5. The molecular weight excluding hydrogens is 466 g/mol. The van der Waals surface area contributed by atoms with E-state index in [0.717, 1.165) is 0 Å². The van der Waals surface area contributed by atoms with E-state index in [0.29, 0.717) is 38.6 Å². The van der Waals surface area contributed by atoms with Crippen LogP contribution >= 0.6 is 0 Å². The Morgan fingerprint density at radius 2 is 1.14 bits per heavy atom. The summed E-state index contributed by atoms with van der Waals surface area (Å²) in [6, 6.07) is -3.83. The molecule has 36 heavy (non-hydrogen) atoms. The van der Waals surface area contributed by atoms with Crippen molar-refractivity contribution in [2.75, 3.05) is 6.54 Å². The van der Waals surface area contributed by atoms with Gasteiger partial charge in [0.05, 0.1) is 6.04 Å². The van der Waals surface area contributed by atoms with E-state index in [1.807, 2.05) is 27.7 Å². The van der Waals surface area contributed by atoms with Gasteiger partial charge in [-0.05, 0) is 30.6 Å². The lowest BCUT2D eigenvalue weighted by molar-refractivity contribution is -0.144. The minimum absolute atomic E-state index is 0.0414. The first-order chi connectivity index (χ1) is 16.8. The number of rotatable bonds is 17. The van der Waals surface area contributed by atoms with Crippen molar-refractivity contribution < 1.29 is 24.3 Å². The van der Waals surface area contributed by atoms with E-state index in [-0.39, 0.29) is 23.7 Å². The number of nitrogens with one attached hydrogen (secondary N) is 3. The Hall–Kier alpha value is -2.89. The average molecular weight is 514 g/mol. The lowest BCUT2D eigenvalue weighted by Crippen LogP contribution is -2.60. The number of nitrogens with two attached hydrogens (primary N) is 3. The third kappa shape index (κ3) is 11.2. The Morgan fingerprint density at radius 3 is 1.53 bits per heavy atom. The summed E-state index contributed by atoms with van der Waals surface area (Å²) in [6.45, 7) is 11.3. The van der Waals surface area contributed by atoms with Crippen LogP contribution in [0.15, 0.2) is 4.99 Å². The van der Waals surface area contributed by atoms with E-state index in [1.165, 1.54) is 0 Å². The number of hydrogen-bond acceptors (Lipinski definition) is 6. The van der Waals surface area contributed by atoms with E-state index < -0.39 is 47.9 Å². The van der Waals surface area contributed by atoms with Crippen LogP contribution in [0.2, 0.25) is 0 Å². The zero-order valence-corrected chi connectivity index (χ0v) is 22.5. The van der Waals surface area contributed by atoms with Gasteiger partial charge in [-0.1, -0.05) is 60.8 Å². The highest BCUT2D eigenvalue weighted by Crippen LogP contribution is 2.14. The smallest absolute Gasteiger partial charge is 0.326 e. The molecule has 12 nitrogen and oxygen atoms in total. The van der Waals surface area contributed by atoms with Gasteiger partial charge in [-0.3, -0.25) is 19.4 Å². The van der Waals surface area contributed by atoms with Crippen molar-refractivity contribution in [3.63, 3.8) is 0 Å². The molecule has 3 amide bonds. The highest BCUT2D eigenvalue weighted by molar-refractivity contribution is 5.94. The molecule has 7 atom stereocenters. The van der Waals surface area contributed by atoms with Crippen LogP contribution in [0.4, 0.5) is 0 Å². The summed E-state index contributed by atoms with van der Waals surface area (Å²) in [5.74, 6) is -3.57. The van der Waals surface area contributed by atoms with Gasteiger partial charge in [0.15, 0.2) is 5.96 Å². The highest BCUT2D eigenvalue weighted by Gasteiger charge is 2.35. The van der Waals surface area contributed by atoms with Crippen LogP contribution in [0, 0.1) is 17.8 Å². The van der Waals surface area contributed by atoms with E-state index >= 15 is 0 Å². The van der Waals surface area contributed by atoms with E-state index in [1.54, 1.807) is 13.8 Å². The Bertz CT molecular complexity index is 757. The molecule has 0 heterocycles. The largest absolute Gasteiger partial charge is 0.480 e. The molecule has 0 fully saturated rings. The first-order valence-corrected chi connectivity index (χ1v) is 12.7. The Labute approximate surface area is 214 Å². The van der Waals surface area contributed by atoms with Crippen LogP contribution < -0.4 is 33.2 Å². The Kier molecular flexibility index (Phi) is 15.4. The first kappa shape index (κ1) is 33.1. The second-order valence-corrected chi connectivity index (χ2v) is 9.51. The fourth-order valence-corrected chi connectivity index (χ4v) is 3.48. The number of carbonyl (C=O) groups is 4. The first-order valence-electron chi connectivity index (χ1n) is 12.7. The lowest BCUT2D eigenvalue weighted by atomic mass is 9.93. The quantitative estimate of drug-likeness (QED) is 0.0798. The van der Waals surface area contributed by atoms with Gasteiger partial charge in [0.25, 0.3) is 0 Å². The van der Waals surface area contributed by atoms with Gasteiger partial charge in [0.2, 0.25) is 17.7 Å². The minimum atomic E-state index is -1.13. The Morgan fingerprint density at radius 1 is 0.750 bits per heavy atom. The molecule has 0 spiro atoms. The molecule has 0 rings (SSSR count). The second kappa shape index (κ2) is 16.7. The van der Waals surface area contributed by atoms with Crippen LogP contribution in [0.3, 0.4) is 0 Å². The number of amides is 3. The van der Waals surface area contributed by atoms with Crippen LogP contribution in [0.25, 0.3) is 0 Å². The average Bonchev–Trinajstić information content (AvgIpc) is 2.84. The van der Waals surface area contributed by atoms with Crippen molar-refractivity contribution in [3.05, 3.63) is 0 Å². The normalized spacial score (nSPS) is 16.9. The topological polar surface area (TPSA) is 215 Å². The van der Waals surface area contributed by atoms with Crippen molar-refractivity contribution in [1.82, 2.24) is 16.0 Å². The van der Waals surface area contributed by atoms with E-state index in [9.17, 15) is 24.3 Å². The molecule has 0 aliphatic rings. The molecule has 0 bridgehead atoms. The molecule has 0 aromatic heterocycles. The van der Waals surface area contributed by atoms with Crippen molar-refractivity contribution >= 4 is 29.7 Å². The minimum Gasteiger partial charge on any atom is -0.480 e. The van der Waals surface area contributed by atoms with Gasteiger partial charge in [-0.2, -0.15) is 0 Å². The van der Waals surface area contributed by atoms with Crippen LogP contribution in [-0.4, -0.2) is 65.5 Å². The number of aliphatic imine (C=N–C) groups is 1. The standard InChI is InChI=1S/C24H47N7O5/c1-7-13(4)17(29-20(32)16(25)11-10-12-28-24(26)27)21(33)30-18(14(5)8-2)22(34)31-19(23(35)36)15(6)9-3/h13-19H,7-12,25H2,1-6H3,(H,29,32)(H,30,33)(H,31,34)(H,35,36)(H4,26,27,28). The van der Waals surface area contributed by atoms with Gasteiger partial charge in [0.1, 0.15) is 18.1 Å². The number of carboxylic acid groups (broad SMARTS) is 1. The summed E-state index contributed by atoms with van der Waals surface area (Å²) in [6.07, 6.45) is 2.53. The van der Waals surface area contributed by atoms with Crippen molar-refractivity contribution in [3.8, 4) is 0 Å². The van der Waals surface area contributed by atoms with Crippen LogP contribution in [0.5, 0.6) is 0 Å². The van der Waals surface area contributed by atoms with Gasteiger partial charge >= 0.3 is 5.97 Å². The van der Waals surface area contributed by atoms with Crippen molar-refractivity contribution in [2.45, 2.75) is 97.8 Å². The third-order valence-electron chi connectivity index (χ3n) is 6.67. The Balaban J connectivity index is 5.53. The molecule has 0 aromatic rings. The summed E-state index contributed by atoms with van der Waals surface area (Å²) in [5, 5.41) is 17.6. The number of guanidine groups is 1. The summed E-state index contributed by atoms with van der Waals surface area (Å²) in [4.78, 5) is 54.6. The summed E-state index contributed by atoms with van der Waals surface area (Å²) >= 11 is 0. The summed E-state index contributed by atoms with van der Waals surface area (Å²) < 4.78 is 0. The number of carbonyl (C=O) groups excluding carboxylic acids is 3. The van der Waals surface area contributed by atoms with E-state index in [2.05, 4.69) is 20.9 Å². The molecule has 12 heteroatoms.